The first-order chi connectivity index (χ1) is 26.2. The molecule has 20 heteroatoms. The number of halogens is 6. The Kier molecular flexibility index (Phi) is 13.8. The van der Waals surface area contributed by atoms with Gasteiger partial charge in [0.1, 0.15) is 41.6 Å². The van der Waals surface area contributed by atoms with E-state index in [4.69, 9.17) is 21.7 Å². The minimum atomic E-state index is -4.74. The van der Waals surface area contributed by atoms with Crippen LogP contribution in [-0.4, -0.2) is 94.3 Å². The summed E-state index contributed by atoms with van der Waals surface area (Å²) >= 11 is 6.44. The molecule has 2 amide bonds. The zero-order valence-electron chi connectivity index (χ0n) is 31.2. The fourth-order valence-corrected chi connectivity index (χ4v) is 6.85. The third-order valence-corrected chi connectivity index (χ3v) is 10.1. The van der Waals surface area contributed by atoms with Crippen molar-refractivity contribution >= 4 is 59.7 Å². The summed E-state index contributed by atoms with van der Waals surface area (Å²) < 4.78 is 87.0. The van der Waals surface area contributed by atoms with E-state index in [2.05, 4.69) is 27.2 Å². The van der Waals surface area contributed by atoms with Gasteiger partial charge in [-0.05, 0) is 67.3 Å². The molecule has 3 N–H and O–H groups in total. The van der Waals surface area contributed by atoms with Crippen molar-refractivity contribution in [2.75, 3.05) is 31.5 Å². The summed E-state index contributed by atoms with van der Waals surface area (Å²) in [4.78, 5) is 32.4. The minimum Gasteiger partial charge on any atom is -0.447 e. The molecular formula is C36H43ClF5N9O4S. The van der Waals surface area contributed by atoms with Crippen LogP contribution in [0.1, 0.15) is 57.2 Å². The summed E-state index contributed by atoms with van der Waals surface area (Å²) in [7, 11) is 0.170. The Balaban J connectivity index is 1.83. The van der Waals surface area contributed by atoms with Crippen molar-refractivity contribution in [3.63, 3.8) is 0 Å². The lowest BCUT2D eigenvalue weighted by Gasteiger charge is -2.42. The Labute approximate surface area is 328 Å². The molecule has 1 saturated carbocycles. The van der Waals surface area contributed by atoms with Crippen LogP contribution in [0.25, 0.3) is 11.1 Å². The number of aliphatic imine (C=N–C) groups is 1. The quantitative estimate of drug-likeness (QED) is 0.0578. The van der Waals surface area contributed by atoms with Gasteiger partial charge in [0.2, 0.25) is 0 Å². The molecule has 0 saturated heterocycles. The van der Waals surface area contributed by atoms with E-state index >= 15 is 4.79 Å². The number of ether oxygens (including phenoxy) is 1. The van der Waals surface area contributed by atoms with Gasteiger partial charge in [-0.2, -0.15) is 27.5 Å². The van der Waals surface area contributed by atoms with Crippen LogP contribution in [0.5, 0.6) is 0 Å². The predicted molar refractivity (Wildman–Crippen MR) is 206 cm³/mol. The predicted octanol–water partition coefficient (Wildman–Crippen LogP) is 6.91. The second kappa shape index (κ2) is 17.6. The maximum Gasteiger partial charge on any atom is 0.411 e. The number of alkyl halides is 5. The Morgan fingerprint density at radius 1 is 1.16 bits per heavy atom. The molecule has 0 bridgehead atoms. The highest BCUT2D eigenvalue weighted by Crippen LogP contribution is 2.49. The number of rotatable bonds is 17. The van der Waals surface area contributed by atoms with E-state index in [9.17, 15) is 31.0 Å². The summed E-state index contributed by atoms with van der Waals surface area (Å²) in [6, 6.07) is 9.50. The average Bonchev–Trinajstić information content (AvgIpc) is 3.75. The van der Waals surface area contributed by atoms with Crippen molar-refractivity contribution in [3.8, 4) is 11.1 Å². The molecule has 0 radical (unpaired) electrons. The molecule has 1 aromatic heterocycles. The van der Waals surface area contributed by atoms with E-state index in [0.717, 1.165) is 16.2 Å². The van der Waals surface area contributed by atoms with Crippen molar-refractivity contribution < 1.29 is 40.5 Å². The molecule has 13 nitrogen and oxygen atoms in total. The summed E-state index contributed by atoms with van der Waals surface area (Å²) in [6.45, 7) is 7.25. The fourth-order valence-electron chi connectivity index (χ4n) is 6.19. The van der Waals surface area contributed by atoms with Gasteiger partial charge in [-0.15, -0.1) is 0 Å². The maximum absolute atomic E-state index is 15.1. The molecule has 304 valence electrons. The van der Waals surface area contributed by atoms with E-state index in [1.807, 2.05) is 26.1 Å². The van der Waals surface area contributed by atoms with E-state index in [0.29, 0.717) is 23.0 Å². The molecule has 3 atom stereocenters. The van der Waals surface area contributed by atoms with E-state index in [1.165, 1.54) is 28.5 Å². The number of hydrazone groups is 1. The Hall–Kier alpha value is -4.75. The monoisotopic (exact) mass is 827 g/mol. The first-order valence-corrected chi connectivity index (χ1v) is 19.0. The zero-order valence-corrected chi connectivity index (χ0v) is 32.8. The van der Waals surface area contributed by atoms with Crippen LogP contribution in [0.3, 0.4) is 0 Å². The normalized spacial score (nSPS) is 16.1. The van der Waals surface area contributed by atoms with Gasteiger partial charge in [0.25, 0.3) is 12.3 Å². The lowest BCUT2D eigenvalue weighted by Crippen LogP contribution is -2.57. The number of nitrogens with one attached hydrogen (secondary N) is 3. The number of benzene rings is 2. The van der Waals surface area contributed by atoms with E-state index in [1.54, 1.807) is 43.7 Å². The van der Waals surface area contributed by atoms with Gasteiger partial charge in [0.05, 0.1) is 29.3 Å². The summed E-state index contributed by atoms with van der Waals surface area (Å²) in [6.07, 6.45) is -3.38. The lowest BCUT2D eigenvalue weighted by atomic mass is 9.74. The van der Waals surface area contributed by atoms with Gasteiger partial charge in [-0.25, -0.2) is 17.8 Å². The molecule has 0 spiro atoms. The van der Waals surface area contributed by atoms with Crippen LogP contribution in [0.2, 0.25) is 5.02 Å². The van der Waals surface area contributed by atoms with Crippen molar-refractivity contribution in [1.82, 2.24) is 24.7 Å². The molecule has 4 rings (SSSR count). The van der Waals surface area contributed by atoms with Gasteiger partial charge < -0.3 is 15.4 Å². The molecule has 56 heavy (non-hydrogen) atoms. The number of amides is 2. The Morgan fingerprint density at radius 2 is 1.82 bits per heavy atom. The first kappa shape index (κ1) is 44.0. The number of carbonyl (C=O) groups excluding carboxylic acids is 2. The van der Waals surface area contributed by atoms with Gasteiger partial charge in [0, 0.05) is 18.0 Å². The molecule has 2 aromatic carbocycles. The maximum atomic E-state index is 15.1. The highest BCUT2D eigenvalue weighted by Gasteiger charge is 2.64. The largest absolute Gasteiger partial charge is 0.447 e. The number of alkyl carbamates (subject to hydrolysis) is 1. The number of aromatic nitrogens is 2. The van der Waals surface area contributed by atoms with Crippen LogP contribution in [-0.2, 0) is 26.1 Å². The molecule has 2 unspecified atom stereocenters. The van der Waals surface area contributed by atoms with Crippen molar-refractivity contribution in [2.24, 2.45) is 15.5 Å². The van der Waals surface area contributed by atoms with Crippen molar-refractivity contribution in [1.29, 1.82) is 5.41 Å². The Morgan fingerprint density at radius 3 is 2.32 bits per heavy atom. The van der Waals surface area contributed by atoms with E-state index < -0.39 is 71.3 Å². The van der Waals surface area contributed by atoms with E-state index in [-0.39, 0.29) is 35.5 Å². The van der Waals surface area contributed by atoms with Crippen molar-refractivity contribution in [3.05, 3.63) is 71.0 Å². The summed E-state index contributed by atoms with van der Waals surface area (Å²) in [5, 5.41) is 22.3. The smallest absolute Gasteiger partial charge is 0.411 e. The Bertz CT molecular complexity index is 1950. The van der Waals surface area contributed by atoms with Crippen molar-refractivity contribution in [2.45, 2.75) is 69.8 Å². The molecule has 1 heterocycles. The third-order valence-electron chi connectivity index (χ3n) is 9.05. The molecule has 1 fully saturated rings. The molecule has 0 aliphatic heterocycles. The third kappa shape index (κ3) is 10.2. The average molecular weight is 828 g/mol. The standard InChI is InChI=1S/C36H43ClF5N9O4S/c1-33(2,3)20-35(45-5,26-10-7-23(8-11-26)25-16-46-51(17-25)56(6)54)31(52)49(21-43)29(19-55-32(53)48-34(13-14-34)36(40,41)42)24-9-12-27(37)28(15-24)50(18-30(38)39)47-22-44-4/h7-12,15-17,21-22,29-30,43,45H,4,13-14,18-20H2,1-3,5-6H3,(H,48,53)/b43-21?,47-22-/t29?,35-,56?/m1/s1. The number of anilines is 1. The van der Waals surface area contributed by atoms with Gasteiger partial charge in [-0.1, -0.05) is 62.7 Å². The summed E-state index contributed by atoms with van der Waals surface area (Å²) in [5.41, 5.74) is -2.72. The fraction of sp³-hybridized carbons (Fsp3) is 0.444. The molecule has 3 aromatic rings. The highest BCUT2D eigenvalue weighted by atomic mass is 35.5. The van der Waals surface area contributed by atoms with Gasteiger partial charge in [-0.3, -0.25) is 25.1 Å². The topological polar surface area (TPSA) is 157 Å². The van der Waals surface area contributed by atoms with Crippen LogP contribution >= 0.6 is 11.6 Å². The van der Waals surface area contributed by atoms with Crippen LogP contribution in [0.4, 0.5) is 32.4 Å². The highest BCUT2D eigenvalue weighted by molar-refractivity contribution is 7.82. The van der Waals surface area contributed by atoms with Gasteiger partial charge >= 0.3 is 12.3 Å². The molecular weight excluding hydrogens is 785 g/mol. The number of carbonyl (C=O) groups is 2. The first-order valence-electron chi connectivity index (χ1n) is 17.1. The number of likely N-dealkylation sites (N-methyl/N-ethyl adjacent to an activating group) is 1. The number of hydrogen-bond acceptors (Lipinski definition) is 9. The second-order valence-corrected chi connectivity index (χ2v) is 15.9. The lowest BCUT2D eigenvalue weighted by molar-refractivity contribution is -0.164. The minimum absolute atomic E-state index is 0.0466. The van der Waals surface area contributed by atoms with Gasteiger partial charge in [0.15, 0.2) is 0 Å². The molecule has 1 aliphatic carbocycles. The second-order valence-electron chi connectivity index (χ2n) is 14.3. The van der Waals surface area contributed by atoms with Crippen LogP contribution in [0, 0.1) is 10.8 Å². The number of nitrogens with zero attached hydrogens (tertiary/aromatic N) is 6. The van der Waals surface area contributed by atoms with Crippen LogP contribution in [0.15, 0.2) is 65.0 Å². The zero-order chi connectivity index (χ0) is 41.6. The SMILES string of the molecule is C=N/C=N\N(CC(F)F)c1cc(C(COC(=O)NC2(C(F)(F)F)CC2)N(C=N)C(=O)[C@](CC(C)(C)C)(NC)c2ccc(-c3cnn(S(C)=O)c3)cc2)ccc1Cl. The van der Waals surface area contributed by atoms with Crippen LogP contribution < -0.4 is 15.6 Å². The molecule has 1 aliphatic rings. The number of hydrogen-bond donors (Lipinski definition) is 3. The summed E-state index contributed by atoms with van der Waals surface area (Å²) in [5.74, 6) is -0.718.